The van der Waals surface area contributed by atoms with Crippen molar-refractivity contribution >= 4 is 5.91 Å². The van der Waals surface area contributed by atoms with Crippen molar-refractivity contribution in [3.63, 3.8) is 0 Å². The van der Waals surface area contributed by atoms with E-state index in [0.29, 0.717) is 31.1 Å². The van der Waals surface area contributed by atoms with Crippen molar-refractivity contribution in [3.05, 3.63) is 77.8 Å². The van der Waals surface area contributed by atoms with Crippen LogP contribution in [0.2, 0.25) is 0 Å². The highest BCUT2D eigenvalue weighted by Gasteiger charge is 2.26. The molecule has 1 fully saturated rings. The largest absolute Gasteiger partial charge is 0.459 e. The normalized spacial score (nSPS) is 16.3. The minimum Gasteiger partial charge on any atom is -0.459 e. The van der Waals surface area contributed by atoms with Crippen LogP contribution in [0, 0.1) is 11.6 Å². The number of carbonyl (C=O) groups is 1. The molecule has 0 N–H and O–H groups in total. The SMILES string of the molecule is O=C(c1ccco1)N(Cc1nccn1Cc1ccc(F)c(F)c1)CC1CCCO1. The van der Waals surface area contributed by atoms with Crippen LogP contribution in [0.25, 0.3) is 0 Å². The van der Waals surface area contributed by atoms with Gasteiger partial charge in [-0.3, -0.25) is 4.79 Å². The maximum absolute atomic E-state index is 13.5. The summed E-state index contributed by atoms with van der Waals surface area (Å²) < 4.78 is 39.5. The molecule has 1 amide bonds. The third kappa shape index (κ3) is 4.54. The predicted octanol–water partition coefficient (Wildman–Crippen LogP) is 3.62. The number of hydrogen-bond acceptors (Lipinski definition) is 4. The van der Waals surface area contributed by atoms with Crippen molar-refractivity contribution < 1.29 is 22.7 Å². The number of carbonyl (C=O) groups excluding carboxylic acids is 1. The molecule has 0 spiro atoms. The molecule has 1 atom stereocenters. The van der Waals surface area contributed by atoms with E-state index in [9.17, 15) is 13.6 Å². The standard InChI is InChI=1S/C21H21F2N3O3/c22-17-6-5-15(11-18(17)23)12-25-8-7-24-20(25)14-26(13-16-3-1-9-28-16)21(27)19-4-2-10-29-19/h2,4-8,10-11,16H,1,3,9,12-14H2. The molecule has 3 aromatic rings. The van der Waals surface area contributed by atoms with Gasteiger partial charge in [0.1, 0.15) is 5.82 Å². The second kappa shape index (κ2) is 8.57. The Hall–Kier alpha value is -3.00. The van der Waals surface area contributed by atoms with Crippen LogP contribution < -0.4 is 0 Å². The van der Waals surface area contributed by atoms with Crippen LogP contribution in [-0.2, 0) is 17.8 Å². The summed E-state index contributed by atoms with van der Waals surface area (Å²) in [4.78, 5) is 18.9. The van der Waals surface area contributed by atoms with E-state index in [1.807, 2.05) is 4.57 Å². The molecule has 1 aliphatic heterocycles. The van der Waals surface area contributed by atoms with Gasteiger partial charge in [0, 0.05) is 32.1 Å². The average molecular weight is 401 g/mol. The minimum absolute atomic E-state index is 0.0245. The highest BCUT2D eigenvalue weighted by atomic mass is 19.2. The molecular weight excluding hydrogens is 380 g/mol. The number of nitrogens with zero attached hydrogens (tertiary/aromatic N) is 3. The van der Waals surface area contributed by atoms with Gasteiger partial charge in [-0.05, 0) is 42.7 Å². The molecule has 4 rings (SSSR count). The number of imidazole rings is 1. The molecule has 1 unspecified atom stereocenters. The van der Waals surface area contributed by atoms with Gasteiger partial charge < -0.3 is 18.6 Å². The van der Waals surface area contributed by atoms with Gasteiger partial charge in [0.15, 0.2) is 17.4 Å². The van der Waals surface area contributed by atoms with Gasteiger partial charge in [0.2, 0.25) is 0 Å². The van der Waals surface area contributed by atoms with E-state index in [2.05, 4.69) is 4.98 Å². The van der Waals surface area contributed by atoms with Crippen LogP contribution in [0.3, 0.4) is 0 Å². The smallest absolute Gasteiger partial charge is 0.290 e. The Labute approximate surface area is 166 Å². The molecule has 0 radical (unpaired) electrons. The first-order valence-corrected chi connectivity index (χ1v) is 9.48. The van der Waals surface area contributed by atoms with Gasteiger partial charge >= 0.3 is 0 Å². The van der Waals surface area contributed by atoms with Gasteiger partial charge in [-0.1, -0.05) is 6.07 Å². The lowest BCUT2D eigenvalue weighted by Gasteiger charge is -2.24. The molecule has 1 saturated heterocycles. The van der Waals surface area contributed by atoms with E-state index in [4.69, 9.17) is 9.15 Å². The van der Waals surface area contributed by atoms with E-state index in [1.165, 1.54) is 12.3 Å². The van der Waals surface area contributed by atoms with Gasteiger partial charge in [-0.2, -0.15) is 0 Å². The summed E-state index contributed by atoms with van der Waals surface area (Å²) in [6.07, 6.45) is 6.67. The van der Waals surface area contributed by atoms with Crippen molar-refractivity contribution in [2.45, 2.75) is 32.0 Å². The molecule has 0 aliphatic carbocycles. The molecular formula is C21H21F2N3O3. The minimum atomic E-state index is -0.892. The third-order valence-corrected chi connectivity index (χ3v) is 4.94. The lowest BCUT2D eigenvalue weighted by molar-refractivity contribution is 0.0475. The Morgan fingerprint density at radius 1 is 1.28 bits per heavy atom. The van der Waals surface area contributed by atoms with Crippen molar-refractivity contribution in [2.24, 2.45) is 0 Å². The molecule has 29 heavy (non-hydrogen) atoms. The molecule has 1 aliphatic rings. The van der Waals surface area contributed by atoms with Crippen LogP contribution in [0.1, 0.15) is 34.8 Å². The van der Waals surface area contributed by atoms with Crippen molar-refractivity contribution in [1.29, 1.82) is 0 Å². The van der Waals surface area contributed by atoms with Crippen molar-refractivity contribution in [3.8, 4) is 0 Å². The number of amides is 1. The molecule has 152 valence electrons. The lowest BCUT2D eigenvalue weighted by atomic mass is 10.2. The number of benzene rings is 1. The molecule has 2 aromatic heterocycles. The van der Waals surface area contributed by atoms with Crippen molar-refractivity contribution in [1.82, 2.24) is 14.5 Å². The third-order valence-electron chi connectivity index (χ3n) is 4.94. The Morgan fingerprint density at radius 2 is 2.17 bits per heavy atom. The topological polar surface area (TPSA) is 60.5 Å². The highest BCUT2D eigenvalue weighted by molar-refractivity contribution is 5.91. The van der Waals surface area contributed by atoms with Crippen LogP contribution >= 0.6 is 0 Å². The summed E-state index contributed by atoms with van der Waals surface area (Å²) in [5.74, 6) is -1.13. The summed E-state index contributed by atoms with van der Waals surface area (Å²) in [5, 5.41) is 0. The number of halogens is 2. The number of hydrogen-bond donors (Lipinski definition) is 0. The zero-order chi connectivity index (χ0) is 20.2. The molecule has 0 bridgehead atoms. The van der Waals surface area contributed by atoms with E-state index in [1.54, 1.807) is 29.4 Å². The van der Waals surface area contributed by atoms with Crippen LogP contribution in [0.4, 0.5) is 8.78 Å². The molecule has 8 heteroatoms. The lowest BCUT2D eigenvalue weighted by Crippen LogP contribution is -2.37. The summed E-state index contributed by atoms with van der Waals surface area (Å²) in [6.45, 7) is 1.68. The quantitative estimate of drug-likeness (QED) is 0.607. The second-order valence-electron chi connectivity index (χ2n) is 7.02. The highest BCUT2D eigenvalue weighted by Crippen LogP contribution is 2.18. The number of rotatable bonds is 7. The van der Waals surface area contributed by atoms with E-state index < -0.39 is 11.6 Å². The first-order valence-electron chi connectivity index (χ1n) is 9.48. The number of ether oxygens (including phenoxy) is 1. The summed E-state index contributed by atoms with van der Waals surface area (Å²) in [5.41, 5.74) is 0.603. The zero-order valence-corrected chi connectivity index (χ0v) is 15.8. The predicted molar refractivity (Wildman–Crippen MR) is 100 cm³/mol. The first kappa shape index (κ1) is 19.3. The second-order valence-corrected chi connectivity index (χ2v) is 7.02. The van der Waals surface area contributed by atoms with Gasteiger partial charge in [0.25, 0.3) is 5.91 Å². The fourth-order valence-electron chi connectivity index (χ4n) is 3.45. The van der Waals surface area contributed by atoms with Crippen molar-refractivity contribution in [2.75, 3.05) is 13.2 Å². The fourth-order valence-corrected chi connectivity index (χ4v) is 3.45. The molecule has 3 heterocycles. The summed E-state index contributed by atoms with van der Waals surface area (Å²) >= 11 is 0. The van der Waals surface area contributed by atoms with E-state index >= 15 is 0 Å². The van der Waals surface area contributed by atoms with E-state index in [0.717, 1.165) is 25.0 Å². The molecule has 6 nitrogen and oxygen atoms in total. The van der Waals surface area contributed by atoms with Crippen LogP contribution in [0.15, 0.2) is 53.4 Å². The number of furan rings is 1. The average Bonchev–Trinajstić information content (AvgIpc) is 3.47. The van der Waals surface area contributed by atoms with Gasteiger partial charge in [0.05, 0.1) is 18.9 Å². The fraction of sp³-hybridized carbons (Fsp3) is 0.333. The van der Waals surface area contributed by atoms with Gasteiger partial charge in [-0.15, -0.1) is 0 Å². The maximum atomic E-state index is 13.5. The Balaban J connectivity index is 1.53. The zero-order valence-electron chi connectivity index (χ0n) is 15.8. The van der Waals surface area contributed by atoms with Crippen LogP contribution in [0.5, 0.6) is 0 Å². The number of aromatic nitrogens is 2. The van der Waals surface area contributed by atoms with Gasteiger partial charge in [-0.25, -0.2) is 13.8 Å². The monoisotopic (exact) mass is 401 g/mol. The van der Waals surface area contributed by atoms with Crippen LogP contribution in [-0.4, -0.2) is 39.6 Å². The first-order chi connectivity index (χ1) is 14.1. The molecule has 1 aromatic carbocycles. The Kier molecular flexibility index (Phi) is 5.71. The Morgan fingerprint density at radius 3 is 2.90 bits per heavy atom. The summed E-state index contributed by atoms with van der Waals surface area (Å²) in [7, 11) is 0. The maximum Gasteiger partial charge on any atom is 0.290 e. The van der Waals surface area contributed by atoms with E-state index in [-0.39, 0.29) is 24.3 Å². The Bertz CT molecular complexity index is 965. The molecule has 0 saturated carbocycles. The summed E-state index contributed by atoms with van der Waals surface area (Å²) in [6, 6.07) is 7.09.